The maximum absolute atomic E-state index is 13.6. The van der Waals surface area contributed by atoms with E-state index < -0.39 is 26.2 Å². The van der Waals surface area contributed by atoms with Crippen molar-refractivity contribution >= 4 is 43.0 Å². The summed E-state index contributed by atoms with van der Waals surface area (Å²) in [5.41, 5.74) is 5.30. The van der Waals surface area contributed by atoms with Gasteiger partial charge in [-0.1, -0.05) is 68.8 Å². The molecule has 10 heteroatoms. The van der Waals surface area contributed by atoms with E-state index >= 15 is 0 Å². The molecule has 0 radical (unpaired) electrons. The average molecular weight is 571 g/mol. The molecule has 0 aliphatic carbocycles. The third kappa shape index (κ3) is 5.62. The van der Waals surface area contributed by atoms with Crippen molar-refractivity contribution in [2.24, 2.45) is 5.92 Å². The highest BCUT2D eigenvalue weighted by Gasteiger charge is 2.39. The van der Waals surface area contributed by atoms with Crippen LogP contribution in [0, 0.1) is 12.8 Å². The van der Waals surface area contributed by atoms with Gasteiger partial charge in [0.15, 0.2) is 8.32 Å². The van der Waals surface area contributed by atoms with E-state index in [1.54, 1.807) is 4.68 Å². The van der Waals surface area contributed by atoms with Crippen molar-refractivity contribution in [1.82, 2.24) is 19.9 Å². The minimum Gasteiger partial charge on any atom is -0.447 e. The molecule has 3 aromatic rings. The number of cyclic esters (lactones) is 1. The summed E-state index contributed by atoms with van der Waals surface area (Å²) >= 11 is 6.98. The van der Waals surface area contributed by atoms with Gasteiger partial charge in [0.05, 0.1) is 23.7 Å². The van der Waals surface area contributed by atoms with E-state index in [-0.39, 0.29) is 24.1 Å². The number of benzene rings is 2. The molecule has 1 fully saturated rings. The average Bonchev–Trinajstić information content (AvgIpc) is 3.50. The fourth-order valence-corrected chi connectivity index (χ4v) is 5.99. The molecule has 1 aliphatic rings. The van der Waals surface area contributed by atoms with Crippen molar-refractivity contribution < 1.29 is 18.8 Å². The van der Waals surface area contributed by atoms with Crippen LogP contribution in [0.4, 0.5) is 4.79 Å². The molecule has 8 nitrogen and oxygen atoms in total. The van der Waals surface area contributed by atoms with E-state index in [2.05, 4.69) is 63.2 Å². The van der Waals surface area contributed by atoms with E-state index in [0.717, 1.165) is 27.8 Å². The Morgan fingerprint density at radius 2 is 1.95 bits per heavy atom. The molecule has 2 atom stereocenters. The monoisotopic (exact) mass is 570 g/mol. The van der Waals surface area contributed by atoms with Crippen LogP contribution in [-0.2, 0) is 27.1 Å². The zero-order chi connectivity index (χ0) is 28.7. The molecule has 1 aliphatic heterocycles. The number of carbonyl (C=O) groups excluding carboxylic acids is 2. The van der Waals surface area contributed by atoms with Gasteiger partial charge in [-0.15, -0.1) is 5.10 Å². The van der Waals surface area contributed by atoms with Gasteiger partial charge in [0.1, 0.15) is 12.1 Å². The van der Waals surface area contributed by atoms with Crippen LogP contribution in [0.2, 0.25) is 23.2 Å². The highest BCUT2D eigenvalue weighted by Crippen LogP contribution is 2.41. The Balaban J connectivity index is 1.80. The van der Waals surface area contributed by atoms with Crippen LogP contribution >= 0.6 is 11.6 Å². The normalized spacial score (nSPS) is 16.0. The number of amides is 2. The second-order valence-corrected chi connectivity index (χ2v) is 17.0. The number of hydrogen-bond donors (Lipinski definition) is 0. The summed E-state index contributed by atoms with van der Waals surface area (Å²) < 4.78 is 13.4. The van der Waals surface area contributed by atoms with Crippen molar-refractivity contribution in [1.29, 1.82) is 0 Å². The zero-order valence-corrected chi connectivity index (χ0v) is 25.9. The van der Waals surface area contributed by atoms with Crippen LogP contribution in [0.1, 0.15) is 62.8 Å². The fourth-order valence-electron chi connectivity index (χ4n) is 4.73. The van der Waals surface area contributed by atoms with Gasteiger partial charge in [-0.2, -0.15) is 0 Å². The Morgan fingerprint density at radius 1 is 1.23 bits per heavy atom. The predicted molar refractivity (Wildman–Crippen MR) is 155 cm³/mol. The molecule has 0 unspecified atom stereocenters. The quantitative estimate of drug-likeness (QED) is 0.281. The van der Waals surface area contributed by atoms with Crippen LogP contribution in [0.5, 0.6) is 0 Å². The summed E-state index contributed by atoms with van der Waals surface area (Å²) in [4.78, 5) is 27.1. The third-order valence-electron chi connectivity index (χ3n) is 8.33. The first-order valence-electron chi connectivity index (χ1n) is 13.5. The molecule has 210 valence electrons. The molecule has 0 N–H and O–H groups in total. The van der Waals surface area contributed by atoms with Gasteiger partial charge in [0.2, 0.25) is 5.91 Å². The number of rotatable bonds is 8. The molecule has 2 heterocycles. The lowest BCUT2D eigenvalue weighted by atomic mass is 9.79. The van der Waals surface area contributed by atoms with Crippen molar-refractivity contribution in [3.63, 3.8) is 0 Å². The number of halogens is 1. The number of ether oxygens (including phenoxy) is 1. The minimum atomic E-state index is -1.98. The SMILES string of the molecule is CCn1nnc2c(Cl)c([C@H](c3ccc(C)c(CO[Si](C)(C)C(C)(C)C)c3)[C@@H](C)C(=O)N3CCOC3=O)ccc21. The summed E-state index contributed by atoms with van der Waals surface area (Å²) in [6.07, 6.45) is -0.606. The molecule has 0 bridgehead atoms. The largest absolute Gasteiger partial charge is 0.447 e. The summed E-state index contributed by atoms with van der Waals surface area (Å²) in [6.45, 7) is 18.7. The summed E-state index contributed by atoms with van der Waals surface area (Å²) in [5.74, 6) is -1.32. The first-order valence-corrected chi connectivity index (χ1v) is 16.8. The molecule has 0 saturated carbocycles. The minimum absolute atomic E-state index is 0.0885. The number of imide groups is 1. The van der Waals surface area contributed by atoms with Gasteiger partial charge in [0, 0.05) is 18.4 Å². The second-order valence-electron chi connectivity index (χ2n) is 11.8. The van der Waals surface area contributed by atoms with E-state index in [1.165, 1.54) is 4.90 Å². The first-order chi connectivity index (χ1) is 18.3. The van der Waals surface area contributed by atoms with Gasteiger partial charge in [0.25, 0.3) is 0 Å². The molecule has 1 saturated heterocycles. The van der Waals surface area contributed by atoms with Crippen LogP contribution in [0.3, 0.4) is 0 Å². The highest BCUT2D eigenvalue weighted by atomic mass is 35.5. The van der Waals surface area contributed by atoms with E-state index in [0.29, 0.717) is 23.7 Å². The van der Waals surface area contributed by atoms with Crippen molar-refractivity contribution in [3.05, 3.63) is 57.6 Å². The zero-order valence-electron chi connectivity index (χ0n) is 24.2. The maximum Gasteiger partial charge on any atom is 0.416 e. The molecule has 39 heavy (non-hydrogen) atoms. The number of carbonyl (C=O) groups is 2. The Labute approximate surface area is 236 Å². The van der Waals surface area contributed by atoms with Crippen molar-refractivity contribution in [3.8, 4) is 0 Å². The topological polar surface area (TPSA) is 86.6 Å². The maximum atomic E-state index is 13.6. The second kappa shape index (κ2) is 11.0. The summed E-state index contributed by atoms with van der Waals surface area (Å²) in [7, 11) is -1.98. The number of aromatic nitrogens is 3. The highest BCUT2D eigenvalue weighted by molar-refractivity contribution is 6.74. The number of hydrogen-bond acceptors (Lipinski definition) is 6. The number of nitrogens with zero attached hydrogens (tertiary/aromatic N) is 4. The molecule has 2 amide bonds. The Hall–Kier alpha value is -2.75. The van der Waals surface area contributed by atoms with Crippen molar-refractivity contribution in [2.45, 2.75) is 78.7 Å². The molecule has 0 spiro atoms. The lowest BCUT2D eigenvalue weighted by Gasteiger charge is -2.36. The van der Waals surface area contributed by atoms with Gasteiger partial charge < -0.3 is 9.16 Å². The van der Waals surface area contributed by atoms with Crippen LogP contribution in [0.15, 0.2) is 30.3 Å². The molecule has 4 rings (SSSR count). The number of aryl methyl sites for hydroxylation is 2. The van der Waals surface area contributed by atoms with E-state index in [9.17, 15) is 9.59 Å². The summed E-state index contributed by atoms with van der Waals surface area (Å²) in [5, 5.41) is 9.10. The van der Waals surface area contributed by atoms with Crippen molar-refractivity contribution in [2.75, 3.05) is 13.2 Å². The Morgan fingerprint density at radius 3 is 2.56 bits per heavy atom. The Bertz CT molecular complexity index is 1400. The summed E-state index contributed by atoms with van der Waals surface area (Å²) in [6, 6.07) is 10.1. The van der Waals surface area contributed by atoms with Crippen LogP contribution in [0.25, 0.3) is 11.0 Å². The molecular weight excluding hydrogens is 532 g/mol. The molecular formula is C29H39ClN4O4Si. The lowest BCUT2D eigenvalue weighted by molar-refractivity contribution is -0.131. The molecule has 2 aromatic carbocycles. The lowest BCUT2D eigenvalue weighted by Crippen LogP contribution is -2.40. The van der Waals surface area contributed by atoms with Gasteiger partial charge in [-0.3, -0.25) is 4.79 Å². The Kier molecular flexibility index (Phi) is 8.26. The predicted octanol–water partition coefficient (Wildman–Crippen LogP) is 6.68. The van der Waals surface area contributed by atoms with E-state index in [4.69, 9.17) is 20.8 Å². The van der Waals surface area contributed by atoms with Gasteiger partial charge in [-0.25, -0.2) is 14.4 Å². The fraction of sp³-hybridized carbons (Fsp3) is 0.517. The van der Waals surface area contributed by atoms with Crippen LogP contribution in [-0.4, -0.2) is 53.4 Å². The van der Waals surface area contributed by atoms with Gasteiger partial charge in [-0.05, 0) is 60.3 Å². The molecule has 1 aromatic heterocycles. The van der Waals surface area contributed by atoms with Crippen LogP contribution < -0.4 is 0 Å². The van der Waals surface area contributed by atoms with E-state index in [1.807, 2.05) is 32.0 Å². The standard InChI is InChI=1S/C29H39ClN4O4Si/c1-9-34-23-13-12-22(25(30)26(23)31-32-34)24(19(3)27(35)33-14-15-37-28(33)36)20-11-10-18(2)21(16-20)17-38-39(7,8)29(4,5)6/h10-13,16,19,24H,9,14-15,17H2,1-8H3/t19-,24+/m1/s1. The smallest absolute Gasteiger partial charge is 0.416 e. The first kappa shape index (κ1) is 29.2. The number of fused-ring (bicyclic) bond motifs is 1. The third-order valence-corrected chi connectivity index (χ3v) is 13.2. The van der Waals surface area contributed by atoms with Gasteiger partial charge >= 0.3 is 6.09 Å².